The number of furan rings is 1. The molecule has 0 aliphatic carbocycles. The summed E-state index contributed by atoms with van der Waals surface area (Å²) < 4.78 is 8.52. The zero-order valence-corrected chi connectivity index (χ0v) is 42.6. The van der Waals surface area contributed by atoms with E-state index in [-0.39, 0.29) is 43.1 Å². The Labute approximate surface area is 409 Å². The normalized spacial score (nSPS) is 12.5. The first-order valence-corrected chi connectivity index (χ1v) is 23.2. The van der Waals surface area contributed by atoms with Crippen LogP contribution in [0.5, 0.6) is 5.75 Å². The van der Waals surface area contributed by atoms with E-state index in [1.807, 2.05) is 30.5 Å². The van der Waals surface area contributed by atoms with Crippen molar-refractivity contribution in [3.05, 3.63) is 168 Å². The Kier molecular flexibility index (Phi) is 11.5. The summed E-state index contributed by atoms with van der Waals surface area (Å²) in [4.78, 5) is 10.8. The zero-order chi connectivity index (χ0) is 46.4. The second-order valence-electron chi connectivity index (χ2n) is 21.4. The number of aromatic hydroxyl groups is 1. The van der Waals surface area contributed by atoms with E-state index in [9.17, 15) is 5.11 Å². The number of rotatable bonds is 6. The van der Waals surface area contributed by atoms with Crippen molar-refractivity contribution >= 4 is 43.9 Å². The molecule has 1 N–H and O–H groups in total. The Morgan fingerprint density at radius 2 is 1.22 bits per heavy atom. The van der Waals surface area contributed by atoms with Crippen LogP contribution in [0, 0.1) is 6.07 Å². The first kappa shape index (κ1) is 45.8. The number of nitrogens with zero attached hydrogens (tertiary/aromatic N) is 3. The molecular formula is C61H58N3O2Pt-. The van der Waals surface area contributed by atoms with Crippen molar-refractivity contribution < 1.29 is 30.6 Å². The smallest absolute Gasteiger partial charge is 0.139 e. The van der Waals surface area contributed by atoms with Crippen molar-refractivity contribution in [1.82, 2.24) is 14.5 Å². The Bertz CT molecular complexity index is 3520. The summed E-state index contributed by atoms with van der Waals surface area (Å²) in [6.07, 6.45) is 1.96. The summed E-state index contributed by atoms with van der Waals surface area (Å²) in [5.74, 6) is 1.21. The Hall–Kier alpha value is -6.29. The van der Waals surface area contributed by atoms with Crippen molar-refractivity contribution in [1.29, 1.82) is 0 Å². The molecule has 0 aliphatic heterocycles. The predicted octanol–water partition coefficient (Wildman–Crippen LogP) is 16.7. The predicted molar refractivity (Wildman–Crippen MR) is 276 cm³/mol. The number of hydrogen-bond donors (Lipinski definition) is 1. The molecular weight excluding hydrogens is 1000 g/mol. The van der Waals surface area contributed by atoms with Gasteiger partial charge >= 0.3 is 0 Å². The van der Waals surface area contributed by atoms with Crippen LogP contribution in [0.2, 0.25) is 0 Å². The zero-order valence-electron chi connectivity index (χ0n) is 40.4. The van der Waals surface area contributed by atoms with E-state index in [1.54, 1.807) is 6.07 Å². The third-order valence-corrected chi connectivity index (χ3v) is 13.3. The van der Waals surface area contributed by atoms with Gasteiger partial charge in [0.15, 0.2) is 0 Å². The molecule has 6 heteroatoms. The average molecular weight is 1060 g/mol. The largest absolute Gasteiger partial charge is 0.507 e. The van der Waals surface area contributed by atoms with E-state index in [0.29, 0.717) is 17.1 Å². The van der Waals surface area contributed by atoms with Gasteiger partial charge < -0.3 is 14.1 Å². The molecule has 0 bridgehead atoms. The Morgan fingerprint density at radius 1 is 0.552 bits per heavy atom. The van der Waals surface area contributed by atoms with Crippen molar-refractivity contribution in [2.45, 2.75) is 98.3 Å². The number of pyridine rings is 1. The summed E-state index contributed by atoms with van der Waals surface area (Å²) in [6, 6.07) is 51.1. The third kappa shape index (κ3) is 8.20. The molecule has 0 unspecified atom stereocenters. The standard InChI is InChI=1S/C61H58N3O2.Pt/c1-36(2)43-26-27-62-56-47(32-42(33-50(43)56)61(9,10)11)38-28-39(30-41(29-38)60(6,7)8)58-63-57-45(48-34-49-44-20-15-16-23-54(44)66-55(49)35-53(48)65)21-17-22-52(57)64(58)51-25-24-40(59(3,4)5)31-46(51)37-18-13-12-14-19-37;/h12-27,29-36,65H,1-11H3;/q-1;. The molecule has 7 aromatic carbocycles. The molecule has 0 atom stereocenters. The number of hydrogen-bond acceptors (Lipinski definition) is 4. The van der Waals surface area contributed by atoms with Crippen molar-refractivity contribution in [3.63, 3.8) is 0 Å². The second-order valence-corrected chi connectivity index (χ2v) is 21.4. The van der Waals surface area contributed by atoms with Crippen molar-refractivity contribution in [2.24, 2.45) is 0 Å². The summed E-state index contributed by atoms with van der Waals surface area (Å²) in [5.41, 5.74) is 16.3. The van der Waals surface area contributed by atoms with Gasteiger partial charge in [-0.1, -0.05) is 166 Å². The van der Waals surface area contributed by atoms with Gasteiger partial charge in [-0.25, -0.2) is 0 Å². The molecule has 0 spiro atoms. The van der Waals surface area contributed by atoms with Crippen LogP contribution < -0.4 is 0 Å². The molecule has 10 rings (SSSR count). The molecule has 67 heavy (non-hydrogen) atoms. The molecule has 0 saturated carbocycles. The summed E-state index contributed by atoms with van der Waals surface area (Å²) >= 11 is 0. The van der Waals surface area contributed by atoms with Gasteiger partial charge in [0.05, 0.1) is 16.9 Å². The van der Waals surface area contributed by atoms with Crippen molar-refractivity contribution in [2.75, 3.05) is 0 Å². The maximum Gasteiger partial charge on any atom is 0.139 e. The molecule has 0 aliphatic rings. The molecule has 5 nitrogen and oxygen atoms in total. The minimum absolute atomic E-state index is 0. The van der Waals surface area contributed by atoms with E-state index in [2.05, 4.69) is 190 Å². The third-order valence-electron chi connectivity index (χ3n) is 13.3. The fraction of sp³-hybridized carbons (Fsp3) is 0.246. The van der Waals surface area contributed by atoms with Crippen LogP contribution in [0.4, 0.5) is 0 Å². The average Bonchev–Trinajstić information content (AvgIpc) is 3.85. The van der Waals surface area contributed by atoms with Crippen LogP contribution in [-0.2, 0) is 37.3 Å². The SMILES string of the molecule is CC(C)c1ccnc2c(-c3[c-]c(-c4nc5c(-c6cc7c(cc6O)oc6ccccc67)cccc5n4-c4ccc(C(C)(C)C)cc4-c4ccccc4)cc(C(C)(C)C)c3)cc(C(C)(C)C)cc12.[Pt]. The van der Waals surface area contributed by atoms with Gasteiger partial charge in [0.2, 0.25) is 0 Å². The number of aromatic nitrogens is 3. The van der Waals surface area contributed by atoms with Gasteiger partial charge in [0.1, 0.15) is 16.9 Å². The molecule has 0 fully saturated rings. The van der Waals surface area contributed by atoms with Crippen LogP contribution in [0.1, 0.15) is 104 Å². The van der Waals surface area contributed by atoms with E-state index in [1.165, 1.54) is 27.6 Å². The van der Waals surface area contributed by atoms with Gasteiger partial charge in [0.25, 0.3) is 0 Å². The number of imidazole rings is 1. The minimum atomic E-state index is -0.216. The number of fused-ring (bicyclic) bond motifs is 5. The summed E-state index contributed by atoms with van der Waals surface area (Å²) in [6.45, 7) is 25.0. The maximum absolute atomic E-state index is 11.9. The quantitative estimate of drug-likeness (QED) is 0.169. The van der Waals surface area contributed by atoms with Gasteiger partial charge in [0, 0.05) is 72.0 Å². The maximum atomic E-state index is 11.9. The number of phenolic OH excluding ortho intramolecular Hbond substituents is 1. The molecule has 340 valence electrons. The van der Waals surface area contributed by atoms with Crippen molar-refractivity contribution in [3.8, 4) is 56.2 Å². The van der Waals surface area contributed by atoms with Crippen LogP contribution in [0.15, 0.2) is 144 Å². The van der Waals surface area contributed by atoms with E-state index >= 15 is 0 Å². The molecule has 0 saturated heterocycles. The van der Waals surface area contributed by atoms with Crippen LogP contribution >= 0.6 is 0 Å². The number of para-hydroxylation sites is 2. The van der Waals surface area contributed by atoms with E-state index in [4.69, 9.17) is 14.4 Å². The van der Waals surface area contributed by atoms with Crippen LogP contribution in [0.25, 0.3) is 94.3 Å². The monoisotopic (exact) mass is 1060 g/mol. The van der Waals surface area contributed by atoms with Crippen LogP contribution in [0.3, 0.4) is 0 Å². The van der Waals surface area contributed by atoms with Crippen LogP contribution in [-0.4, -0.2) is 19.6 Å². The van der Waals surface area contributed by atoms with E-state index < -0.39 is 0 Å². The van der Waals surface area contributed by atoms with Gasteiger partial charge in [-0.15, -0.1) is 29.3 Å². The van der Waals surface area contributed by atoms with Gasteiger partial charge in [-0.05, 0) is 86.2 Å². The second kappa shape index (κ2) is 16.8. The molecule has 0 amide bonds. The minimum Gasteiger partial charge on any atom is -0.507 e. The number of phenols is 1. The first-order valence-electron chi connectivity index (χ1n) is 23.2. The van der Waals surface area contributed by atoms with Gasteiger partial charge in [-0.3, -0.25) is 9.97 Å². The topological polar surface area (TPSA) is 64.1 Å². The summed E-state index contributed by atoms with van der Waals surface area (Å²) in [7, 11) is 0. The molecule has 10 aromatic rings. The summed E-state index contributed by atoms with van der Waals surface area (Å²) in [5, 5.41) is 15.0. The fourth-order valence-electron chi connectivity index (χ4n) is 9.45. The fourth-order valence-corrected chi connectivity index (χ4v) is 9.45. The number of benzene rings is 7. The first-order chi connectivity index (χ1) is 31.3. The van der Waals surface area contributed by atoms with E-state index in [0.717, 1.165) is 77.8 Å². The molecule has 0 radical (unpaired) electrons. The molecule has 3 aromatic heterocycles. The molecule has 3 heterocycles. The Morgan fingerprint density at radius 3 is 1.94 bits per heavy atom. The Balaban J connectivity index is 0.00000562. The van der Waals surface area contributed by atoms with Gasteiger partial charge in [-0.2, -0.15) is 0 Å².